The van der Waals surface area contributed by atoms with Crippen molar-refractivity contribution in [3.8, 4) is 5.75 Å². The molecule has 0 spiro atoms. The van der Waals surface area contributed by atoms with Crippen LogP contribution in [0.2, 0.25) is 0 Å². The van der Waals surface area contributed by atoms with E-state index in [2.05, 4.69) is 15.8 Å². The van der Waals surface area contributed by atoms with Crippen LogP contribution in [0.4, 0.5) is 11.4 Å². The van der Waals surface area contributed by atoms with E-state index in [9.17, 15) is 4.79 Å². The summed E-state index contributed by atoms with van der Waals surface area (Å²) in [5.41, 5.74) is 5.41. The molecule has 132 valence electrons. The van der Waals surface area contributed by atoms with E-state index < -0.39 is 6.04 Å². The smallest absolute Gasteiger partial charge is 0.262 e. The summed E-state index contributed by atoms with van der Waals surface area (Å²) in [6.45, 7) is 1.78. The summed E-state index contributed by atoms with van der Waals surface area (Å²) >= 11 is 0. The number of hydrazone groups is 1. The Bertz CT molecular complexity index is 709. The number of anilines is 2. The Labute approximate surface area is 148 Å². The maximum absolute atomic E-state index is 12.1. The minimum atomic E-state index is -0.415. The van der Waals surface area contributed by atoms with Crippen molar-refractivity contribution in [2.24, 2.45) is 5.10 Å². The number of ether oxygens (including phenoxy) is 1. The summed E-state index contributed by atoms with van der Waals surface area (Å²) in [6, 6.07) is 14.9. The Morgan fingerprint density at radius 3 is 2.32 bits per heavy atom. The highest BCUT2D eigenvalue weighted by Gasteiger charge is 2.11. The normalized spacial score (nSPS) is 11.8. The fourth-order valence-corrected chi connectivity index (χ4v) is 2.13. The number of carbonyl (C=O) groups excluding carboxylic acids is 1. The number of nitrogens with zero attached hydrogens (tertiary/aromatic N) is 2. The molecule has 6 heteroatoms. The SMILES string of the molecule is COc1ccc(N[C@H](C)C(=O)N/N=C\c2ccc(N(C)C)cc2)cc1. The zero-order valence-electron chi connectivity index (χ0n) is 15.0. The monoisotopic (exact) mass is 340 g/mol. The van der Waals surface area contributed by atoms with Crippen molar-refractivity contribution in [1.82, 2.24) is 5.43 Å². The number of carbonyl (C=O) groups is 1. The Hall–Kier alpha value is -3.02. The second kappa shape index (κ2) is 8.73. The second-order valence-corrected chi connectivity index (χ2v) is 5.81. The van der Waals surface area contributed by atoms with E-state index in [-0.39, 0.29) is 5.91 Å². The van der Waals surface area contributed by atoms with Crippen LogP contribution < -0.4 is 20.4 Å². The summed E-state index contributed by atoms with van der Waals surface area (Å²) in [5.74, 6) is 0.560. The van der Waals surface area contributed by atoms with Gasteiger partial charge in [-0.1, -0.05) is 12.1 Å². The molecule has 0 aliphatic heterocycles. The lowest BCUT2D eigenvalue weighted by atomic mass is 10.2. The number of benzene rings is 2. The molecular weight excluding hydrogens is 316 g/mol. The molecule has 6 nitrogen and oxygen atoms in total. The van der Waals surface area contributed by atoms with Crippen molar-refractivity contribution in [2.45, 2.75) is 13.0 Å². The van der Waals surface area contributed by atoms with Gasteiger partial charge in [0.05, 0.1) is 13.3 Å². The number of amides is 1. The molecule has 0 fully saturated rings. The third-order valence-electron chi connectivity index (χ3n) is 3.66. The molecule has 0 aromatic heterocycles. The van der Waals surface area contributed by atoms with Gasteiger partial charge in [-0.2, -0.15) is 5.10 Å². The van der Waals surface area contributed by atoms with Gasteiger partial charge in [0, 0.05) is 25.5 Å². The Kier molecular flexibility index (Phi) is 6.39. The van der Waals surface area contributed by atoms with Gasteiger partial charge in [-0.3, -0.25) is 4.79 Å². The zero-order chi connectivity index (χ0) is 18.2. The predicted octanol–water partition coefficient (Wildman–Crippen LogP) is 2.71. The number of hydrogen-bond donors (Lipinski definition) is 2. The van der Waals surface area contributed by atoms with Crippen molar-refractivity contribution in [2.75, 3.05) is 31.4 Å². The number of hydrogen-bond acceptors (Lipinski definition) is 5. The average molecular weight is 340 g/mol. The third-order valence-corrected chi connectivity index (χ3v) is 3.66. The number of nitrogens with one attached hydrogen (secondary N) is 2. The molecule has 0 saturated carbocycles. The number of methoxy groups -OCH3 is 1. The van der Waals surface area contributed by atoms with Gasteiger partial charge in [0.15, 0.2) is 0 Å². The molecule has 0 heterocycles. The van der Waals surface area contributed by atoms with Crippen molar-refractivity contribution in [3.63, 3.8) is 0 Å². The van der Waals surface area contributed by atoms with Crippen LogP contribution in [0.5, 0.6) is 5.75 Å². The quantitative estimate of drug-likeness (QED) is 0.601. The summed E-state index contributed by atoms with van der Waals surface area (Å²) in [7, 11) is 5.59. The largest absolute Gasteiger partial charge is 0.497 e. The fourth-order valence-electron chi connectivity index (χ4n) is 2.13. The molecular formula is C19H24N4O2. The molecule has 0 radical (unpaired) electrons. The Morgan fingerprint density at radius 1 is 1.12 bits per heavy atom. The summed E-state index contributed by atoms with van der Waals surface area (Å²) in [4.78, 5) is 14.1. The van der Waals surface area contributed by atoms with Crippen LogP contribution in [-0.2, 0) is 4.79 Å². The first-order chi connectivity index (χ1) is 12.0. The van der Waals surface area contributed by atoms with Gasteiger partial charge >= 0.3 is 0 Å². The highest BCUT2D eigenvalue weighted by molar-refractivity contribution is 5.86. The van der Waals surface area contributed by atoms with Crippen LogP contribution in [0, 0.1) is 0 Å². The average Bonchev–Trinajstić information content (AvgIpc) is 2.62. The van der Waals surface area contributed by atoms with Crippen molar-refractivity contribution >= 4 is 23.5 Å². The van der Waals surface area contributed by atoms with E-state index in [0.29, 0.717) is 0 Å². The maximum atomic E-state index is 12.1. The molecule has 1 atom stereocenters. The van der Waals surface area contributed by atoms with Crippen LogP contribution in [0.25, 0.3) is 0 Å². The van der Waals surface area contributed by atoms with Gasteiger partial charge in [-0.15, -0.1) is 0 Å². The Balaban J connectivity index is 1.85. The van der Waals surface area contributed by atoms with Crippen molar-refractivity contribution < 1.29 is 9.53 Å². The van der Waals surface area contributed by atoms with Crippen LogP contribution >= 0.6 is 0 Å². The first-order valence-electron chi connectivity index (χ1n) is 8.00. The summed E-state index contributed by atoms with van der Waals surface area (Å²) in [6.07, 6.45) is 1.62. The fraction of sp³-hybridized carbons (Fsp3) is 0.263. The number of rotatable bonds is 7. The summed E-state index contributed by atoms with van der Waals surface area (Å²) < 4.78 is 5.11. The van der Waals surface area contributed by atoms with E-state index in [1.165, 1.54) is 0 Å². The molecule has 2 aromatic rings. The van der Waals surface area contributed by atoms with Gasteiger partial charge in [-0.25, -0.2) is 5.43 Å². The standard InChI is InChI=1S/C19H24N4O2/c1-14(21-16-7-11-18(25-4)12-8-16)19(24)22-20-13-15-5-9-17(10-6-15)23(2)3/h5-14,21H,1-4H3,(H,22,24)/b20-13-/t14-/m1/s1. The lowest BCUT2D eigenvalue weighted by molar-refractivity contribution is -0.121. The van der Waals surface area contributed by atoms with Crippen molar-refractivity contribution in [3.05, 3.63) is 54.1 Å². The lowest BCUT2D eigenvalue weighted by Crippen LogP contribution is -2.34. The third kappa shape index (κ3) is 5.53. The topological polar surface area (TPSA) is 66.0 Å². The highest BCUT2D eigenvalue weighted by atomic mass is 16.5. The van der Waals surface area contributed by atoms with Crippen molar-refractivity contribution in [1.29, 1.82) is 0 Å². The molecule has 0 bridgehead atoms. The van der Waals surface area contributed by atoms with E-state index in [1.807, 2.05) is 67.5 Å². The zero-order valence-corrected chi connectivity index (χ0v) is 15.0. The van der Waals surface area contributed by atoms with Gasteiger partial charge in [-0.05, 0) is 48.9 Å². The van der Waals surface area contributed by atoms with Crippen LogP contribution in [0.1, 0.15) is 12.5 Å². The van der Waals surface area contributed by atoms with E-state index in [1.54, 1.807) is 20.2 Å². The minimum Gasteiger partial charge on any atom is -0.497 e. The van der Waals surface area contributed by atoms with Crippen LogP contribution in [0.3, 0.4) is 0 Å². The highest BCUT2D eigenvalue weighted by Crippen LogP contribution is 2.15. The molecule has 0 saturated heterocycles. The molecule has 2 rings (SSSR count). The minimum absolute atomic E-state index is 0.211. The summed E-state index contributed by atoms with van der Waals surface area (Å²) in [5, 5.41) is 7.12. The molecule has 0 aliphatic rings. The second-order valence-electron chi connectivity index (χ2n) is 5.81. The molecule has 1 amide bonds. The molecule has 0 unspecified atom stereocenters. The van der Waals surface area contributed by atoms with E-state index in [0.717, 1.165) is 22.7 Å². The van der Waals surface area contributed by atoms with Gasteiger partial charge in [0.25, 0.3) is 5.91 Å². The first kappa shape index (κ1) is 18.3. The lowest BCUT2D eigenvalue weighted by Gasteiger charge is -2.13. The van der Waals surface area contributed by atoms with Crippen LogP contribution in [0.15, 0.2) is 53.6 Å². The Morgan fingerprint density at radius 2 is 1.76 bits per heavy atom. The van der Waals surface area contributed by atoms with Gasteiger partial charge in [0.1, 0.15) is 11.8 Å². The predicted molar refractivity (Wildman–Crippen MR) is 103 cm³/mol. The molecule has 0 aliphatic carbocycles. The van der Waals surface area contributed by atoms with E-state index in [4.69, 9.17) is 4.74 Å². The maximum Gasteiger partial charge on any atom is 0.262 e. The van der Waals surface area contributed by atoms with Gasteiger partial charge in [0.2, 0.25) is 0 Å². The molecule has 25 heavy (non-hydrogen) atoms. The molecule has 2 aromatic carbocycles. The first-order valence-corrected chi connectivity index (χ1v) is 8.00. The van der Waals surface area contributed by atoms with Crippen LogP contribution in [-0.4, -0.2) is 39.4 Å². The molecule has 2 N–H and O–H groups in total. The van der Waals surface area contributed by atoms with E-state index >= 15 is 0 Å². The van der Waals surface area contributed by atoms with Gasteiger partial charge < -0.3 is 15.0 Å².